The van der Waals surface area contributed by atoms with Gasteiger partial charge in [-0.05, 0) is 225 Å². The summed E-state index contributed by atoms with van der Waals surface area (Å²) in [5.41, 5.74) is 10.0. The van der Waals surface area contributed by atoms with Crippen LogP contribution in [0.25, 0.3) is 21.5 Å². The second kappa shape index (κ2) is 49.2. The van der Waals surface area contributed by atoms with E-state index in [-0.39, 0.29) is 81.5 Å². The molecule has 0 spiro atoms. The molecule has 0 amide bonds. The molecule has 6 N–H and O–H groups in total. The number of ketones is 6. The summed E-state index contributed by atoms with van der Waals surface area (Å²) in [5, 5.41) is 23.1. The second-order valence-electron chi connectivity index (χ2n) is 24.3. The van der Waals surface area contributed by atoms with Gasteiger partial charge in [0, 0.05) is 18.3 Å². The smallest absolute Gasteiger partial charge is 0.147 e. The van der Waals surface area contributed by atoms with Gasteiger partial charge in [-0.1, -0.05) is 190 Å². The molecule has 9 rings (SSSR count). The Kier molecular flexibility index (Phi) is 44.0. The second-order valence-corrected chi connectivity index (χ2v) is 24.3. The number of Topliss-reactive ketones (excluding diaryl/α,β-unsaturated/α-hetero) is 6. The van der Waals surface area contributed by atoms with E-state index in [9.17, 15) is 33.2 Å². The van der Waals surface area contributed by atoms with Gasteiger partial charge in [0.1, 0.15) is 40.5 Å². The Balaban J connectivity index is 0.000000581. The first-order valence-corrected chi connectivity index (χ1v) is 32.8. The Bertz CT molecular complexity index is 3560. The van der Waals surface area contributed by atoms with Gasteiger partial charge in [-0.25, -0.2) is 4.39 Å². The zero-order valence-corrected chi connectivity index (χ0v) is 59.4. The average Bonchev–Trinajstić information content (AvgIpc) is 1.32. The lowest BCUT2D eigenvalue weighted by Crippen LogP contribution is -2.39. The van der Waals surface area contributed by atoms with Gasteiger partial charge in [0.15, 0.2) is 0 Å². The Morgan fingerprint density at radius 1 is 0.388 bits per heavy atom. The molecule has 98 heavy (non-hydrogen) atoms. The van der Waals surface area contributed by atoms with Crippen molar-refractivity contribution in [2.75, 3.05) is 42.3 Å². The molecule has 0 heterocycles. The number of likely N-dealkylation sites (N-methyl/N-ethyl adjacent to an activating group) is 6. The molecule has 1 aliphatic carbocycles. The van der Waals surface area contributed by atoms with Crippen molar-refractivity contribution in [3.05, 3.63) is 238 Å². The first-order valence-electron chi connectivity index (χ1n) is 32.8. The molecule has 0 aromatic heterocycles. The molecule has 8 aromatic carbocycles. The lowest BCUT2D eigenvalue weighted by atomic mass is 9.94. The molecule has 1 aliphatic rings. The zero-order valence-electron chi connectivity index (χ0n) is 59.4. The number of hydrogen-bond acceptors (Lipinski definition) is 12. The third-order valence-corrected chi connectivity index (χ3v) is 17.1. The number of benzene rings is 8. The van der Waals surface area contributed by atoms with Crippen LogP contribution in [0.3, 0.4) is 0 Å². The first-order chi connectivity index (χ1) is 46.5. The summed E-state index contributed by atoms with van der Waals surface area (Å²) in [4.78, 5) is 67.8. The van der Waals surface area contributed by atoms with Crippen LogP contribution in [0.1, 0.15) is 112 Å². The van der Waals surface area contributed by atoms with Crippen LogP contribution in [-0.2, 0) is 73.7 Å². The van der Waals surface area contributed by atoms with Gasteiger partial charge in [0.25, 0.3) is 0 Å². The average molecular weight is 1360 g/mol. The Labute approximate surface area is 577 Å². The van der Waals surface area contributed by atoms with Crippen LogP contribution in [0, 0.1) is 11.7 Å². The molecule has 0 bridgehead atoms. The van der Waals surface area contributed by atoms with Gasteiger partial charge in [-0.3, -0.25) is 33.5 Å². The molecular weight excluding hydrogens is 1250 g/mol. The van der Waals surface area contributed by atoms with E-state index in [4.69, 9.17) is 18.3 Å². The van der Waals surface area contributed by atoms with Crippen LogP contribution < -0.4 is 31.9 Å². The molecule has 12 nitrogen and oxygen atoms in total. The number of aryl methyl sites for hydroxylation is 1. The molecule has 0 radical (unpaired) electrons. The van der Waals surface area contributed by atoms with Gasteiger partial charge in [0.05, 0.1) is 36.3 Å². The molecule has 0 unspecified atom stereocenters. The maximum atomic E-state index is 12.6. The van der Waals surface area contributed by atoms with Crippen molar-refractivity contribution in [3.63, 3.8) is 0 Å². The fraction of sp³-hybridized carbons (Fsp3) is 0.375. The predicted octanol–water partition coefficient (Wildman–Crippen LogP) is 14.4. The normalized spacial score (nSPS) is 12.8. The van der Waals surface area contributed by atoms with Crippen molar-refractivity contribution < 1.29 is 56.2 Å². The van der Waals surface area contributed by atoms with Crippen LogP contribution in [0.15, 0.2) is 188 Å². The van der Waals surface area contributed by atoms with E-state index in [0.29, 0.717) is 18.3 Å². The summed E-state index contributed by atoms with van der Waals surface area (Å²) < 4.78 is 44.6. The van der Waals surface area contributed by atoms with E-state index in [0.717, 1.165) is 50.5 Å². The van der Waals surface area contributed by atoms with E-state index in [1.165, 1.54) is 72.6 Å². The molecule has 8 aromatic rings. The molecule has 18 heteroatoms. The molecule has 0 fully saturated rings. The number of rotatable bonds is 25. The van der Waals surface area contributed by atoms with Gasteiger partial charge in [-0.15, -0.1) is 0 Å². The van der Waals surface area contributed by atoms with E-state index in [1.54, 1.807) is 60.7 Å². The minimum Gasteiger partial charge on any atom is -0.311 e. The van der Waals surface area contributed by atoms with E-state index < -0.39 is 0 Å². The monoisotopic (exact) mass is 1360 g/mol. The fourth-order valence-electron chi connectivity index (χ4n) is 11.3. The van der Waals surface area contributed by atoms with Crippen LogP contribution in [0.2, 0.25) is 0 Å². The lowest BCUT2D eigenvalue weighted by molar-refractivity contribution is -0.120. The summed E-state index contributed by atoms with van der Waals surface area (Å²) in [5.74, 6) is 1.84. The van der Waals surface area contributed by atoms with Crippen molar-refractivity contribution >= 4 is 56.2 Å². The third kappa shape index (κ3) is 31.4. The topological polar surface area (TPSA) is 175 Å². The minimum absolute atomic E-state index is 0. The number of carbonyl (C=O) groups excluding carboxylic acids is 6. The Morgan fingerprint density at radius 3 is 1.21 bits per heavy atom. The van der Waals surface area contributed by atoms with E-state index in [2.05, 4.69) is 161 Å². The van der Waals surface area contributed by atoms with Crippen molar-refractivity contribution in [1.29, 1.82) is 0 Å². The molecule has 532 valence electrons. The van der Waals surface area contributed by atoms with Crippen molar-refractivity contribution in [3.8, 4) is 0 Å². The summed E-state index contributed by atoms with van der Waals surface area (Å²) in [7, 11) is 10.9. The zero-order chi connectivity index (χ0) is 72.4. The molecule has 0 saturated carbocycles. The quantitative estimate of drug-likeness (QED) is 0.0299. The summed E-state index contributed by atoms with van der Waals surface area (Å²) in [6, 6.07) is 62.2. The highest BCUT2D eigenvalue weighted by atomic mass is 20.0. The summed E-state index contributed by atoms with van der Waals surface area (Å²) >= 11 is 0. The third-order valence-electron chi connectivity index (χ3n) is 17.1. The SMILES string of the molecule is CN[C@@H](CCc1ccccc1)C(C)=O.CN[C@@H](Cc1ccc(C(C)C)cc1)C(C)=O.CN[C@@H](Cc1ccc(F)cc1)C(C)=O.CN[C@@H](Cc1ccc2ccccc2c1)C(C)=O.CN[C@@H](Cc1cccc2ccccc12)C(C)=O.CN[C@H](C(C)=O)C1Cc2ccccc2C1.F.FF.FF. The molecule has 0 saturated heterocycles. The van der Waals surface area contributed by atoms with Gasteiger partial charge in [-0.2, -0.15) is 0 Å². The fourth-order valence-corrected chi connectivity index (χ4v) is 11.3. The highest BCUT2D eigenvalue weighted by molar-refractivity contribution is 5.88. The van der Waals surface area contributed by atoms with E-state index >= 15 is 0 Å². The number of carbonyl (C=O) groups is 6. The van der Waals surface area contributed by atoms with Gasteiger partial charge >= 0.3 is 0 Å². The minimum atomic E-state index is -0.252. The Morgan fingerprint density at radius 2 is 0.776 bits per heavy atom. The number of hydrogen-bond donors (Lipinski definition) is 6. The van der Waals surface area contributed by atoms with E-state index in [1.807, 2.05) is 83.8 Å². The first kappa shape index (κ1) is 87.7. The molecular formula is C80H104F6N6O6. The largest absolute Gasteiger partial charge is 0.311 e. The summed E-state index contributed by atoms with van der Waals surface area (Å²) in [6.07, 6.45) is 6.74. The Hall–Kier alpha value is -8.36. The highest BCUT2D eigenvalue weighted by Gasteiger charge is 2.30. The van der Waals surface area contributed by atoms with Crippen LogP contribution in [0.4, 0.5) is 27.4 Å². The standard InChI is InChI=1S/2C15H17NO.C14H21NO.C13H17NO.C12H17NO.C11H14FNO.2F2.FH/c1-11(17)15(16-2)10-13-8-5-7-12-6-3-4-9-14(12)13;1-11(17)15(16-2)10-12-7-8-13-5-3-4-6-14(13)9-12;1-10(2)13-7-5-12(6-8-13)9-14(15-4)11(3)16;1-9(15)13(14-2)12-7-10-5-3-4-6-11(10)8-12;1-10(14)12(13-2)9-8-11-6-4-3-5-7-11;1-8(14)11(13-2)7-9-3-5-10(12)6-4-9;2*1-2;/h2*3-9,15-16H,10H2,1-2H3;5-8,10,14-15H,9H2,1-4H3;3-6,12-14H,7-8H2,1-2H3;3-7,12-13H,8-9H2,1-2H3;3-6,11,13H,7H2,1-2H3;;;1H/t2*15-;14-;13-;12-;11-;;;/m000100.../s1. The van der Waals surface area contributed by atoms with Gasteiger partial charge < -0.3 is 31.9 Å². The number of fused-ring (bicyclic) bond motifs is 3. The lowest BCUT2D eigenvalue weighted by Gasteiger charge is -2.19. The van der Waals surface area contributed by atoms with Crippen LogP contribution in [0.5, 0.6) is 0 Å². The van der Waals surface area contributed by atoms with Crippen molar-refractivity contribution in [2.45, 2.75) is 149 Å². The highest BCUT2D eigenvalue weighted by Crippen LogP contribution is 2.29. The number of nitrogens with one attached hydrogen (secondary N) is 6. The van der Waals surface area contributed by atoms with Crippen LogP contribution in [-0.4, -0.2) is 113 Å². The van der Waals surface area contributed by atoms with Crippen molar-refractivity contribution in [2.24, 2.45) is 5.92 Å². The predicted molar refractivity (Wildman–Crippen MR) is 390 cm³/mol. The van der Waals surface area contributed by atoms with Crippen LogP contribution >= 0.6 is 0 Å². The van der Waals surface area contributed by atoms with Crippen molar-refractivity contribution in [1.82, 2.24) is 31.9 Å². The maximum absolute atomic E-state index is 12.6. The number of halogens is 6. The summed E-state index contributed by atoms with van der Waals surface area (Å²) in [6.45, 7) is 14.1. The molecule has 6 atom stereocenters. The molecule has 0 aliphatic heterocycles. The maximum Gasteiger partial charge on any atom is 0.147 e. The van der Waals surface area contributed by atoms with Gasteiger partial charge in [0.2, 0.25) is 0 Å².